The van der Waals surface area contributed by atoms with Gasteiger partial charge in [0.2, 0.25) is 5.91 Å². The maximum Gasteiger partial charge on any atom is 0.410 e. The molecule has 0 aliphatic carbocycles. The second-order valence-corrected chi connectivity index (χ2v) is 9.38. The van der Waals surface area contributed by atoms with Crippen LogP contribution in [0, 0.1) is 12.8 Å². The molecule has 0 unspecified atom stereocenters. The van der Waals surface area contributed by atoms with Gasteiger partial charge in [0.15, 0.2) is 0 Å². The SMILES string of the molecule is Cc1ccc(CN2C(=O)OC[C@H]2C(=O)N2CCC[C@H](CNC(=O)OC(C)(C)C)C2)cc1. The Labute approximate surface area is 183 Å². The standard InChI is InChI=1S/C23H33N3O5/c1-16-7-9-17(10-8-16)14-26-19(15-30-22(26)29)20(27)25-11-5-6-18(13-25)12-24-21(28)31-23(2,3)4/h7-10,18-19H,5-6,11-15H2,1-4H3,(H,24,28)/t18-,19+/m1/s1. The smallest absolute Gasteiger partial charge is 0.410 e. The van der Waals surface area contributed by atoms with Crippen LogP contribution in [0.25, 0.3) is 0 Å². The maximum absolute atomic E-state index is 13.2. The number of piperidine rings is 1. The van der Waals surface area contributed by atoms with Crippen molar-refractivity contribution in [2.45, 2.75) is 58.7 Å². The third kappa shape index (κ3) is 6.35. The number of nitrogens with zero attached hydrogens (tertiary/aromatic N) is 2. The molecule has 8 nitrogen and oxygen atoms in total. The Morgan fingerprint density at radius 3 is 2.61 bits per heavy atom. The van der Waals surface area contributed by atoms with E-state index >= 15 is 0 Å². The van der Waals surface area contributed by atoms with Crippen molar-refractivity contribution >= 4 is 18.1 Å². The first kappa shape index (κ1) is 22.9. The van der Waals surface area contributed by atoms with Crippen LogP contribution in [0.15, 0.2) is 24.3 Å². The number of cyclic esters (lactones) is 1. The summed E-state index contributed by atoms with van der Waals surface area (Å²) in [5.41, 5.74) is 1.55. The average Bonchev–Trinajstić information content (AvgIpc) is 3.07. The van der Waals surface area contributed by atoms with Crippen LogP contribution in [0.4, 0.5) is 9.59 Å². The molecule has 2 saturated heterocycles. The topological polar surface area (TPSA) is 88.2 Å². The summed E-state index contributed by atoms with van der Waals surface area (Å²) in [6, 6.07) is 7.27. The van der Waals surface area contributed by atoms with Gasteiger partial charge in [-0.25, -0.2) is 9.59 Å². The molecule has 2 aliphatic rings. The Hall–Kier alpha value is -2.77. The molecule has 8 heteroatoms. The van der Waals surface area contributed by atoms with E-state index in [4.69, 9.17) is 9.47 Å². The van der Waals surface area contributed by atoms with Crippen LogP contribution in [0.3, 0.4) is 0 Å². The number of rotatable bonds is 5. The quantitative estimate of drug-likeness (QED) is 0.774. The normalized spacial score (nSPS) is 21.6. The molecular weight excluding hydrogens is 398 g/mol. The zero-order valence-electron chi connectivity index (χ0n) is 18.8. The number of likely N-dealkylation sites (tertiary alicyclic amines) is 1. The molecule has 170 valence electrons. The van der Waals surface area contributed by atoms with E-state index in [2.05, 4.69) is 5.32 Å². The first-order valence-corrected chi connectivity index (χ1v) is 10.9. The fourth-order valence-corrected chi connectivity index (χ4v) is 3.90. The maximum atomic E-state index is 13.2. The Balaban J connectivity index is 1.57. The van der Waals surface area contributed by atoms with Crippen molar-refractivity contribution in [3.8, 4) is 0 Å². The van der Waals surface area contributed by atoms with Gasteiger partial charge in [-0.15, -0.1) is 0 Å². The molecule has 0 radical (unpaired) electrons. The average molecular weight is 432 g/mol. The molecule has 2 atom stereocenters. The summed E-state index contributed by atoms with van der Waals surface area (Å²) in [4.78, 5) is 40.7. The molecule has 2 aliphatic heterocycles. The highest BCUT2D eigenvalue weighted by atomic mass is 16.6. The first-order chi connectivity index (χ1) is 14.6. The molecule has 0 spiro atoms. The van der Waals surface area contributed by atoms with Gasteiger partial charge in [0.1, 0.15) is 18.2 Å². The largest absolute Gasteiger partial charge is 0.447 e. The van der Waals surface area contributed by atoms with Gasteiger partial charge in [-0.1, -0.05) is 29.8 Å². The molecule has 0 aromatic heterocycles. The Morgan fingerprint density at radius 1 is 1.23 bits per heavy atom. The van der Waals surface area contributed by atoms with Crippen molar-refractivity contribution in [1.82, 2.24) is 15.1 Å². The number of amides is 3. The first-order valence-electron chi connectivity index (χ1n) is 10.9. The molecule has 2 fully saturated rings. The van der Waals surface area contributed by atoms with E-state index in [0.29, 0.717) is 26.2 Å². The van der Waals surface area contributed by atoms with Crippen LogP contribution in [0.2, 0.25) is 0 Å². The summed E-state index contributed by atoms with van der Waals surface area (Å²) in [5.74, 6) is 0.0497. The van der Waals surface area contributed by atoms with Gasteiger partial charge in [0, 0.05) is 19.6 Å². The summed E-state index contributed by atoms with van der Waals surface area (Å²) in [6.07, 6.45) is 0.868. The minimum atomic E-state index is -0.619. The van der Waals surface area contributed by atoms with Gasteiger partial charge in [0.05, 0.1) is 6.54 Å². The molecule has 3 rings (SSSR count). The van der Waals surface area contributed by atoms with Crippen LogP contribution < -0.4 is 5.32 Å². The Morgan fingerprint density at radius 2 is 1.94 bits per heavy atom. The third-order valence-corrected chi connectivity index (χ3v) is 5.50. The van der Waals surface area contributed by atoms with E-state index in [1.54, 1.807) is 4.90 Å². The lowest BCUT2D eigenvalue weighted by Crippen LogP contribution is -2.51. The van der Waals surface area contributed by atoms with Crippen LogP contribution in [0.1, 0.15) is 44.7 Å². The van der Waals surface area contributed by atoms with Crippen molar-refractivity contribution in [2.24, 2.45) is 5.92 Å². The zero-order valence-corrected chi connectivity index (χ0v) is 18.8. The van der Waals surface area contributed by atoms with Gasteiger partial charge in [-0.2, -0.15) is 0 Å². The van der Waals surface area contributed by atoms with Crippen molar-refractivity contribution in [3.63, 3.8) is 0 Å². The number of nitrogens with one attached hydrogen (secondary N) is 1. The fourth-order valence-electron chi connectivity index (χ4n) is 3.90. The highest BCUT2D eigenvalue weighted by Crippen LogP contribution is 2.22. The Kier molecular flexibility index (Phi) is 7.08. The molecular formula is C23H33N3O5. The summed E-state index contributed by atoms with van der Waals surface area (Å²) >= 11 is 0. The molecule has 1 N–H and O–H groups in total. The van der Waals surface area contributed by atoms with Crippen LogP contribution in [-0.2, 0) is 20.8 Å². The zero-order chi connectivity index (χ0) is 22.6. The van der Waals surface area contributed by atoms with E-state index in [1.165, 1.54) is 4.90 Å². The van der Waals surface area contributed by atoms with Crippen LogP contribution in [0.5, 0.6) is 0 Å². The van der Waals surface area contributed by atoms with E-state index in [0.717, 1.165) is 24.0 Å². The van der Waals surface area contributed by atoms with Gasteiger partial charge in [0.25, 0.3) is 0 Å². The van der Waals surface area contributed by atoms with Crippen molar-refractivity contribution in [3.05, 3.63) is 35.4 Å². The second-order valence-electron chi connectivity index (χ2n) is 9.38. The monoisotopic (exact) mass is 431 g/mol. The number of hydrogen-bond donors (Lipinski definition) is 1. The minimum absolute atomic E-state index is 0.0703. The van der Waals surface area contributed by atoms with Gasteiger partial charge in [-0.05, 0) is 52.0 Å². The number of alkyl carbamates (subject to hydrolysis) is 1. The molecule has 1 aromatic carbocycles. The van der Waals surface area contributed by atoms with Gasteiger partial charge in [-0.3, -0.25) is 9.69 Å². The number of aryl methyl sites for hydroxylation is 1. The molecule has 31 heavy (non-hydrogen) atoms. The lowest BCUT2D eigenvalue weighted by Gasteiger charge is -2.35. The van der Waals surface area contributed by atoms with Crippen LogP contribution in [-0.4, -0.2) is 65.8 Å². The molecule has 0 saturated carbocycles. The number of carbonyl (C=O) groups excluding carboxylic acids is 3. The lowest BCUT2D eigenvalue weighted by atomic mass is 9.97. The van der Waals surface area contributed by atoms with E-state index in [1.807, 2.05) is 52.0 Å². The summed E-state index contributed by atoms with van der Waals surface area (Å²) in [5, 5.41) is 2.80. The Bertz CT molecular complexity index is 802. The van der Waals surface area contributed by atoms with E-state index in [9.17, 15) is 14.4 Å². The third-order valence-electron chi connectivity index (χ3n) is 5.50. The highest BCUT2D eigenvalue weighted by molar-refractivity contribution is 5.88. The summed E-state index contributed by atoms with van der Waals surface area (Å²) < 4.78 is 10.5. The lowest BCUT2D eigenvalue weighted by molar-refractivity contribution is -0.137. The van der Waals surface area contributed by atoms with Gasteiger partial charge >= 0.3 is 12.2 Å². The second kappa shape index (κ2) is 9.58. The summed E-state index contributed by atoms with van der Waals surface area (Å²) in [6.45, 7) is 9.51. The predicted octanol–water partition coefficient (Wildman–Crippen LogP) is 3.08. The van der Waals surface area contributed by atoms with Crippen molar-refractivity contribution in [1.29, 1.82) is 0 Å². The van der Waals surface area contributed by atoms with Crippen molar-refractivity contribution in [2.75, 3.05) is 26.2 Å². The number of carbonyl (C=O) groups is 3. The summed E-state index contributed by atoms with van der Waals surface area (Å²) in [7, 11) is 0. The number of hydrogen-bond acceptors (Lipinski definition) is 5. The highest BCUT2D eigenvalue weighted by Gasteiger charge is 2.41. The fraction of sp³-hybridized carbons (Fsp3) is 0.609. The molecule has 1 aromatic rings. The number of benzene rings is 1. The van der Waals surface area contributed by atoms with E-state index < -0.39 is 23.8 Å². The van der Waals surface area contributed by atoms with Crippen LogP contribution >= 0.6 is 0 Å². The molecule has 2 heterocycles. The molecule has 0 bridgehead atoms. The van der Waals surface area contributed by atoms with Crippen molar-refractivity contribution < 1.29 is 23.9 Å². The number of ether oxygens (including phenoxy) is 2. The minimum Gasteiger partial charge on any atom is -0.447 e. The van der Waals surface area contributed by atoms with Gasteiger partial charge < -0.3 is 19.7 Å². The predicted molar refractivity (Wildman–Crippen MR) is 115 cm³/mol. The molecule has 3 amide bonds. The van der Waals surface area contributed by atoms with E-state index in [-0.39, 0.29) is 18.4 Å².